The second kappa shape index (κ2) is 12.0. The van der Waals surface area contributed by atoms with E-state index in [2.05, 4.69) is 26.0 Å². The zero-order valence-electron chi connectivity index (χ0n) is 18.7. The fourth-order valence-electron chi connectivity index (χ4n) is 3.01. The van der Waals surface area contributed by atoms with Crippen molar-refractivity contribution in [3.05, 3.63) is 105 Å². The van der Waals surface area contributed by atoms with Gasteiger partial charge in [0.1, 0.15) is 23.2 Å². The SMILES string of the molecule is O=C(Cc1nnc(NC(=O)c2ccccc2)s1)N/N=C/c1cc(Cl)ccc1OCc1ccccc1F. The molecular formula is C25H19ClFN5O3S. The maximum atomic E-state index is 13.9. The fourth-order valence-corrected chi connectivity index (χ4v) is 3.92. The Bertz CT molecular complexity index is 1400. The number of hydrogen-bond donors (Lipinski definition) is 2. The molecule has 2 amide bonds. The molecule has 182 valence electrons. The predicted molar refractivity (Wildman–Crippen MR) is 136 cm³/mol. The molecule has 0 unspecified atom stereocenters. The Kier molecular flexibility index (Phi) is 8.32. The van der Waals surface area contributed by atoms with Crippen molar-refractivity contribution in [3.8, 4) is 5.75 Å². The second-order valence-electron chi connectivity index (χ2n) is 7.35. The second-order valence-corrected chi connectivity index (χ2v) is 8.85. The first-order valence-electron chi connectivity index (χ1n) is 10.6. The molecule has 8 nitrogen and oxygen atoms in total. The van der Waals surface area contributed by atoms with E-state index in [1.54, 1.807) is 60.7 Å². The number of benzene rings is 3. The summed E-state index contributed by atoms with van der Waals surface area (Å²) in [7, 11) is 0. The highest BCUT2D eigenvalue weighted by molar-refractivity contribution is 7.15. The van der Waals surface area contributed by atoms with Crippen molar-refractivity contribution in [2.75, 3.05) is 5.32 Å². The van der Waals surface area contributed by atoms with Gasteiger partial charge >= 0.3 is 0 Å². The van der Waals surface area contributed by atoms with Gasteiger partial charge in [0.05, 0.1) is 12.6 Å². The predicted octanol–water partition coefficient (Wildman–Crippen LogP) is 4.85. The first kappa shape index (κ1) is 25.0. The minimum absolute atomic E-state index is 0.0156. The summed E-state index contributed by atoms with van der Waals surface area (Å²) in [6.07, 6.45) is 1.30. The number of ether oxygens (including phenoxy) is 1. The Hall–Kier alpha value is -4.15. The monoisotopic (exact) mass is 523 g/mol. The average Bonchev–Trinajstić information content (AvgIpc) is 3.31. The number of nitrogens with zero attached hydrogens (tertiary/aromatic N) is 3. The van der Waals surface area contributed by atoms with Crippen LogP contribution >= 0.6 is 22.9 Å². The van der Waals surface area contributed by atoms with E-state index in [0.717, 1.165) is 11.3 Å². The van der Waals surface area contributed by atoms with Crippen LogP contribution < -0.4 is 15.5 Å². The highest BCUT2D eigenvalue weighted by Gasteiger charge is 2.12. The summed E-state index contributed by atoms with van der Waals surface area (Å²) >= 11 is 7.17. The molecule has 1 aromatic heterocycles. The van der Waals surface area contributed by atoms with Crippen molar-refractivity contribution in [1.29, 1.82) is 0 Å². The molecule has 0 fully saturated rings. The lowest BCUT2D eigenvalue weighted by Gasteiger charge is -2.10. The number of nitrogens with one attached hydrogen (secondary N) is 2. The van der Waals surface area contributed by atoms with E-state index in [1.165, 1.54) is 12.3 Å². The third-order valence-electron chi connectivity index (χ3n) is 4.74. The van der Waals surface area contributed by atoms with Crippen molar-refractivity contribution >= 4 is 46.1 Å². The summed E-state index contributed by atoms with van der Waals surface area (Å²) in [5.74, 6) is -0.696. The van der Waals surface area contributed by atoms with Crippen LogP contribution in [0.15, 0.2) is 77.9 Å². The zero-order chi connectivity index (χ0) is 25.3. The summed E-state index contributed by atoms with van der Waals surface area (Å²) < 4.78 is 19.6. The van der Waals surface area contributed by atoms with E-state index < -0.39 is 5.91 Å². The van der Waals surface area contributed by atoms with Crippen molar-refractivity contribution in [2.24, 2.45) is 5.10 Å². The molecule has 0 aliphatic rings. The lowest BCUT2D eigenvalue weighted by atomic mass is 10.2. The zero-order valence-corrected chi connectivity index (χ0v) is 20.2. The Morgan fingerprint density at radius 1 is 1.06 bits per heavy atom. The summed E-state index contributed by atoms with van der Waals surface area (Å²) in [5.41, 5.74) is 3.80. The van der Waals surface area contributed by atoms with Gasteiger partial charge in [-0.15, -0.1) is 10.2 Å². The first-order valence-corrected chi connectivity index (χ1v) is 11.8. The van der Waals surface area contributed by atoms with Gasteiger partial charge in [-0.2, -0.15) is 5.10 Å². The molecule has 0 aliphatic heterocycles. The van der Waals surface area contributed by atoms with Gasteiger partial charge in [0.25, 0.3) is 5.91 Å². The molecule has 0 atom stereocenters. The summed E-state index contributed by atoms with van der Waals surface area (Å²) in [4.78, 5) is 24.5. The Labute approximate surface area is 214 Å². The Morgan fingerprint density at radius 2 is 1.83 bits per heavy atom. The van der Waals surface area contributed by atoms with Crippen LogP contribution in [-0.2, 0) is 17.8 Å². The molecule has 0 aliphatic carbocycles. The lowest BCUT2D eigenvalue weighted by Crippen LogP contribution is -2.19. The van der Waals surface area contributed by atoms with Crippen molar-refractivity contribution in [2.45, 2.75) is 13.0 Å². The maximum Gasteiger partial charge on any atom is 0.257 e. The largest absolute Gasteiger partial charge is 0.488 e. The van der Waals surface area contributed by atoms with Crippen molar-refractivity contribution in [1.82, 2.24) is 15.6 Å². The van der Waals surface area contributed by atoms with Gasteiger partial charge in [0.2, 0.25) is 11.0 Å². The molecule has 0 saturated heterocycles. The molecule has 3 aromatic carbocycles. The number of hydrogen-bond acceptors (Lipinski definition) is 7. The fraction of sp³-hybridized carbons (Fsp3) is 0.0800. The third kappa shape index (κ3) is 6.94. The topological polar surface area (TPSA) is 106 Å². The van der Waals surface area contributed by atoms with Gasteiger partial charge < -0.3 is 4.74 Å². The lowest BCUT2D eigenvalue weighted by molar-refractivity contribution is -0.120. The summed E-state index contributed by atoms with van der Waals surface area (Å²) in [5, 5.41) is 15.6. The average molecular weight is 524 g/mol. The van der Waals surface area contributed by atoms with Gasteiger partial charge in [0.15, 0.2) is 0 Å². The van der Waals surface area contributed by atoms with Crippen LogP contribution in [0.25, 0.3) is 0 Å². The first-order chi connectivity index (χ1) is 17.5. The molecule has 0 bridgehead atoms. The number of aromatic nitrogens is 2. The summed E-state index contributed by atoms with van der Waals surface area (Å²) in [6.45, 7) is 0.0156. The van der Waals surface area contributed by atoms with Crippen LogP contribution in [-0.4, -0.2) is 28.2 Å². The normalized spacial score (nSPS) is 10.8. The van der Waals surface area contributed by atoms with Gasteiger partial charge in [-0.05, 0) is 36.4 Å². The van der Waals surface area contributed by atoms with Crippen molar-refractivity contribution < 1.29 is 18.7 Å². The van der Waals surface area contributed by atoms with Crippen LogP contribution in [0.4, 0.5) is 9.52 Å². The number of rotatable bonds is 9. The van der Waals surface area contributed by atoms with Crippen LogP contribution in [0.3, 0.4) is 0 Å². The van der Waals surface area contributed by atoms with E-state index in [4.69, 9.17) is 16.3 Å². The number of carbonyl (C=O) groups is 2. The molecule has 0 saturated carbocycles. The number of hydrazone groups is 1. The van der Waals surface area contributed by atoms with E-state index >= 15 is 0 Å². The molecule has 0 spiro atoms. The standard InChI is InChI=1S/C25H19ClFN5O3S/c26-19-10-11-21(35-15-17-8-4-5-9-20(17)27)18(12-19)14-28-30-22(33)13-23-31-32-25(36-23)29-24(34)16-6-2-1-3-7-16/h1-12,14H,13,15H2,(H,30,33)(H,29,32,34)/b28-14+. The quantitative estimate of drug-likeness (QED) is 0.241. The van der Waals surface area contributed by atoms with Gasteiger partial charge in [-0.1, -0.05) is 59.3 Å². The third-order valence-corrected chi connectivity index (χ3v) is 5.81. The van der Waals surface area contributed by atoms with Gasteiger partial charge in [-0.25, -0.2) is 9.82 Å². The van der Waals surface area contributed by atoms with E-state index in [-0.39, 0.29) is 29.9 Å². The molecule has 2 N–H and O–H groups in total. The molecule has 4 aromatic rings. The molecular weight excluding hydrogens is 505 g/mol. The Morgan fingerprint density at radius 3 is 2.64 bits per heavy atom. The van der Waals surface area contributed by atoms with E-state index in [1.807, 2.05) is 6.07 Å². The van der Waals surface area contributed by atoms with Gasteiger partial charge in [-0.3, -0.25) is 14.9 Å². The molecule has 0 radical (unpaired) electrons. The molecule has 11 heteroatoms. The minimum atomic E-state index is -0.431. The highest BCUT2D eigenvalue weighted by Crippen LogP contribution is 2.23. The molecule has 36 heavy (non-hydrogen) atoms. The molecule has 4 rings (SSSR count). The van der Waals surface area contributed by atoms with E-state index in [9.17, 15) is 14.0 Å². The minimum Gasteiger partial charge on any atom is -0.488 e. The van der Waals surface area contributed by atoms with Crippen LogP contribution in [0.5, 0.6) is 5.75 Å². The number of carbonyl (C=O) groups excluding carboxylic acids is 2. The van der Waals surface area contributed by atoms with Gasteiger partial charge in [0, 0.05) is 21.7 Å². The number of anilines is 1. The summed E-state index contributed by atoms with van der Waals surface area (Å²) in [6, 6.07) is 19.9. The van der Waals surface area contributed by atoms with Crippen LogP contribution in [0, 0.1) is 5.82 Å². The molecule has 1 heterocycles. The number of amides is 2. The smallest absolute Gasteiger partial charge is 0.257 e. The van der Waals surface area contributed by atoms with Crippen LogP contribution in [0.2, 0.25) is 5.02 Å². The van der Waals surface area contributed by atoms with E-state index in [0.29, 0.717) is 32.5 Å². The number of halogens is 2. The van der Waals surface area contributed by atoms with Crippen LogP contribution in [0.1, 0.15) is 26.5 Å². The van der Waals surface area contributed by atoms with Crippen molar-refractivity contribution in [3.63, 3.8) is 0 Å². The highest BCUT2D eigenvalue weighted by atomic mass is 35.5. The maximum absolute atomic E-state index is 13.9. The Balaban J connectivity index is 1.32.